The summed E-state index contributed by atoms with van der Waals surface area (Å²) < 4.78 is 24.4. The lowest BCUT2D eigenvalue weighted by Gasteiger charge is -2.34. The Bertz CT molecular complexity index is 421. The van der Waals surface area contributed by atoms with E-state index in [1.165, 1.54) is 18.4 Å². The molecule has 0 saturated carbocycles. The van der Waals surface area contributed by atoms with Gasteiger partial charge in [0, 0.05) is 33.2 Å². The van der Waals surface area contributed by atoms with E-state index in [4.69, 9.17) is 0 Å². The van der Waals surface area contributed by atoms with Crippen molar-refractivity contribution in [2.75, 3.05) is 39.5 Å². The molecule has 118 valence electrons. The van der Waals surface area contributed by atoms with E-state index in [9.17, 15) is 13.2 Å². The molecule has 7 heteroatoms. The predicted octanol–water partition coefficient (Wildman–Crippen LogP) is 0.114. The zero-order valence-electron chi connectivity index (χ0n) is 12.9. The molecule has 1 saturated heterocycles. The Morgan fingerprint density at radius 2 is 2.05 bits per heavy atom. The van der Waals surface area contributed by atoms with E-state index < -0.39 is 10.0 Å². The van der Waals surface area contributed by atoms with Gasteiger partial charge in [0.25, 0.3) is 0 Å². The van der Waals surface area contributed by atoms with Crippen LogP contribution in [0.5, 0.6) is 0 Å². The molecule has 1 aliphatic heterocycles. The molecule has 1 aliphatic rings. The summed E-state index contributed by atoms with van der Waals surface area (Å²) in [6.07, 6.45) is 1.90. The number of likely N-dealkylation sites (tertiary alicyclic amines) is 1. The molecule has 1 fully saturated rings. The zero-order valence-corrected chi connectivity index (χ0v) is 13.7. The van der Waals surface area contributed by atoms with Crippen LogP contribution in [0.4, 0.5) is 0 Å². The number of nitrogens with one attached hydrogen (secondary N) is 1. The molecule has 1 N–H and O–H groups in total. The summed E-state index contributed by atoms with van der Waals surface area (Å²) in [4.78, 5) is 14.4. The second-order valence-electron chi connectivity index (χ2n) is 5.82. The van der Waals surface area contributed by atoms with Crippen molar-refractivity contribution < 1.29 is 13.2 Å². The largest absolute Gasteiger partial charge is 0.355 e. The first-order chi connectivity index (χ1) is 9.24. The highest BCUT2D eigenvalue weighted by Gasteiger charge is 2.27. The van der Waals surface area contributed by atoms with Crippen molar-refractivity contribution in [3.05, 3.63) is 0 Å². The quantitative estimate of drug-likeness (QED) is 0.756. The fourth-order valence-corrected chi connectivity index (χ4v) is 3.04. The van der Waals surface area contributed by atoms with Crippen LogP contribution in [0.2, 0.25) is 0 Å². The average molecular weight is 305 g/mol. The fraction of sp³-hybridized carbons (Fsp3) is 0.923. The summed E-state index contributed by atoms with van der Waals surface area (Å²) in [7, 11) is -0.243. The lowest BCUT2D eigenvalue weighted by molar-refractivity contribution is -0.126. The Morgan fingerprint density at radius 3 is 2.60 bits per heavy atom. The first-order valence-electron chi connectivity index (χ1n) is 7.16. The van der Waals surface area contributed by atoms with Crippen LogP contribution in [0.15, 0.2) is 0 Å². The third kappa shape index (κ3) is 5.03. The van der Waals surface area contributed by atoms with E-state index in [0.29, 0.717) is 6.04 Å². The number of nitrogens with zero attached hydrogens (tertiary/aromatic N) is 2. The van der Waals surface area contributed by atoms with Gasteiger partial charge < -0.3 is 10.2 Å². The summed E-state index contributed by atoms with van der Waals surface area (Å²) in [5.41, 5.74) is 0. The molecule has 1 heterocycles. The number of piperidine rings is 1. The van der Waals surface area contributed by atoms with Gasteiger partial charge in [0.1, 0.15) is 0 Å². The van der Waals surface area contributed by atoms with Crippen LogP contribution in [0.25, 0.3) is 0 Å². The smallest absolute Gasteiger partial charge is 0.224 e. The van der Waals surface area contributed by atoms with Crippen molar-refractivity contribution in [1.29, 1.82) is 0 Å². The molecule has 0 aromatic heterocycles. The van der Waals surface area contributed by atoms with Crippen molar-refractivity contribution >= 4 is 15.9 Å². The Labute approximate surface area is 122 Å². The minimum absolute atomic E-state index is 0.0202. The van der Waals surface area contributed by atoms with Gasteiger partial charge in [-0.3, -0.25) is 4.79 Å². The third-order valence-electron chi connectivity index (χ3n) is 3.77. The van der Waals surface area contributed by atoms with Crippen LogP contribution in [0, 0.1) is 5.92 Å². The molecule has 1 amide bonds. The summed E-state index contributed by atoms with van der Waals surface area (Å²) in [5, 5.41) is 2.75. The monoisotopic (exact) mass is 305 g/mol. The van der Waals surface area contributed by atoms with E-state index in [2.05, 4.69) is 24.1 Å². The van der Waals surface area contributed by atoms with Gasteiger partial charge in [-0.05, 0) is 33.2 Å². The predicted molar refractivity (Wildman–Crippen MR) is 79.9 cm³/mol. The van der Waals surface area contributed by atoms with Gasteiger partial charge in [-0.2, -0.15) is 0 Å². The summed E-state index contributed by atoms with van der Waals surface area (Å²) in [6.45, 7) is 6.24. The van der Waals surface area contributed by atoms with E-state index in [-0.39, 0.29) is 24.1 Å². The first kappa shape index (κ1) is 17.4. The fourth-order valence-electron chi connectivity index (χ4n) is 2.32. The maximum absolute atomic E-state index is 12.1. The molecule has 0 aliphatic carbocycles. The molecule has 6 nitrogen and oxygen atoms in total. The van der Waals surface area contributed by atoms with Gasteiger partial charge in [0.05, 0.1) is 11.7 Å². The Kier molecular flexibility index (Phi) is 6.42. The highest BCUT2D eigenvalue weighted by molar-refractivity contribution is 7.89. The maximum atomic E-state index is 12.1. The van der Waals surface area contributed by atoms with Crippen molar-refractivity contribution in [1.82, 2.24) is 14.5 Å². The van der Waals surface area contributed by atoms with Gasteiger partial charge in [-0.1, -0.05) is 0 Å². The molecule has 0 aromatic rings. The van der Waals surface area contributed by atoms with Crippen LogP contribution in [-0.4, -0.2) is 69.1 Å². The number of carbonyl (C=O) groups excluding carboxylic acids is 1. The number of carbonyl (C=O) groups is 1. The van der Waals surface area contributed by atoms with Gasteiger partial charge in [-0.25, -0.2) is 12.7 Å². The molecule has 0 spiro atoms. The standard InChI is InChI=1S/C13H27N3O3S/c1-11(2)16-8-5-6-12(10-16)13(17)14-7-9-20(18,19)15(3)4/h11-12H,5-10H2,1-4H3,(H,14,17). The third-order valence-corrected chi connectivity index (χ3v) is 5.60. The van der Waals surface area contributed by atoms with Crippen molar-refractivity contribution in [3.63, 3.8) is 0 Å². The van der Waals surface area contributed by atoms with Crippen molar-refractivity contribution in [2.45, 2.75) is 32.7 Å². The second-order valence-corrected chi connectivity index (χ2v) is 8.12. The molecular formula is C13H27N3O3S. The Morgan fingerprint density at radius 1 is 1.40 bits per heavy atom. The van der Waals surface area contributed by atoms with Gasteiger partial charge in [-0.15, -0.1) is 0 Å². The van der Waals surface area contributed by atoms with Gasteiger partial charge in [0.2, 0.25) is 15.9 Å². The second kappa shape index (κ2) is 7.38. The van der Waals surface area contributed by atoms with E-state index >= 15 is 0 Å². The topological polar surface area (TPSA) is 69.7 Å². The number of rotatable bonds is 6. The van der Waals surface area contributed by atoms with Crippen molar-refractivity contribution in [2.24, 2.45) is 5.92 Å². The molecule has 0 radical (unpaired) electrons. The maximum Gasteiger partial charge on any atom is 0.224 e. The van der Waals surface area contributed by atoms with E-state index in [0.717, 1.165) is 25.9 Å². The van der Waals surface area contributed by atoms with Crippen LogP contribution >= 0.6 is 0 Å². The normalized spacial score (nSPS) is 21.4. The van der Waals surface area contributed by atoms with Crippen LogP contribution in [-0.2, 0) is 14.8 Å². The van der Waals surface area contributed by atoms with Gasteiger partial charge >= 0.3 is 0 Å². The number of amides is 1. The Balaban J connectivity index is 2.40. The summed E-state index contributed by atoms with van der Waals surface area (Å²) in [6, 6.07) is 0.444. The molecule has 0 aromatic carbocycles. The minimum Gasteiger partial charge on any atom is -0.355 e. The lowest BCUT2D eigenvalue weighted by atomic mass is 9.96. The van der Waals surface area contributed by atoms with Gasteiger partial charge in [0.15, 0.2) is 0 Å². The van der Waals surface area contributed by atoms with Crippen LogP contribution in [0.1, 0.15) is 26.7 Å². The molecule has 1 atom stereocenters. The highest BCUT2D eigenvalue weighted by Crippen LogP contribution is 2.18. The number of hydrogen-bond acceptors (Lipinski definition) is 4. The average Bonchev–Trinajstić information content (AvgIpc) is 2.38. The number of hydrogen-bond donors (Lipinski definition) is 1. The van der Waals surface area contributed by atoms with E-state index in [1.807, 2.05) is 0 Å². The lowest BCUT2D eigenvalue weighted by Crippen LogP contribution is -2.46. The zero-order chi connectivity index (χ0) is 15.3. The molecule has 1 rings (SSSR count). The Hall–Kier alpha value is -0.660. The summed E-state index contributed by atoms with van der Waals surface area (Å²) in [5.74, 6) is -0.0932. The SMILES string of the molecule is CC(C)N1CCCC(C(=O)NCCS(=O)(=O)N(C)C)C1. The van der Waals surface area contributed by atoms with E-state index in [1.54, 1.807) is 0 Å². The first-order valence-corrected chi connectivity index (χ1v) is 8.77. The minimum atomic E-state index is -3.24. The molecule has 1 unspecified atom stereocenters. The van der Waals surface area contributed by atoms with Crippen LogP contribution in [0.3, 0.4) is 0 Å². The molecule has 20 heavy (non-hydrogen) atoms. The summed E-state index contributed by atoms with van der Waals surface area (Å²) >= 11 is 0. The van der Waals surface area contributed by atoms with Crippen molar-refractivity contribution in [3.8, 4) is 0 Å². The number of sulfonamides is 1. The molecule has 0 bridgehead atoms. The highest BCUT2D eigenvalue weighted by atomic mass is 32.2. The van der Waals surface area contributed by atoms with Crippen LogP contribution < -0.4 is 5.32 Å². The molecular weight excluding hydrogens is 278 g/mol.